The van der Waals surface area contributed by atoms with Gasteiger partial charge in [-0.3, -0.25) is 11.3 Å². The normalized spacial score (nSPS) is 13.8. The zero-order chi connectivity index (χ0) is 13.2. The Hall–Kier alpha value is -1.38. The highest BCUT2D eigenvalue weighted by molar-refractivity contribution is 5.83. The summed E-state index contributed by atoms with van der Waals surface area (Å²) < 4.78 is 0. The average Bonchev–Trinajstić information content (AvgIpc) is 2.34. The topological polar surface area (TPSA) is 38.0 Å². The lowest BCUT2D eigenvalue weighted by Gasteiger charge is -2.26. The summed E-state index contributed by atoms with van der Waals surface area (Å²) in [4.78, 5) is 0. The van der Waals surface area contributed by atoms with Gasteiger partial charge < -0.3 is 0 Å². The third kappa shape index (κ3) is 3.09. The maximum absolute atomic E-state index is 5.71. The van der Waals surface area contributed by atoms with Gasteiger partial charge in [-0.2, -0.15) is 0 Å². The second-order valence-corrected chi connectivity index (χ2v) is 6.09. The molecule has 2 rings (SSSR count). The molecule has 2 aromatic rings. The van der Waals surface area contributed by atoms with Crippen LogP contribution in [-0.4, -0.2) is 0 Å². The van der Waals surface area contributed by atoms with Gasteiger partial charge in [-0.1, -0.05) is 57.2 Å². The molecule has 2 heteroatoms. The van der Waals surface area contributed by atoms with Crippen LogP contribution in [0.4, 0.5) is 0 Å². The third-order valence-electron chi connectivity index (χ3n) is 3.19. The molecule has 1 atom stereocenters. The molecule has 0 saturated carbocycles. The van der Waals surface area contributed by atoms with Crippen molar-refractivity contribution in [2.24, 2.45) is 11.3 Å². The highest BCUT2D eigenvalue weighted by Gasteiger charge is 2.19. The highest BCUT2D eigenvalue weighted by Crippen LogP contribution is 2.30. The lowest BCUT2D eigenvalue weighted by molar-refractivity contribution is 0.313. The van der Waals surface area contributed by atoms with Gasteiger partial charge in [0.2, 0.25) is 0 Å². The summed E-state index contributed by atoms with van der Waals surface area (Å²) in [5.41, 5.74) is 4.45. The quantitative estimate of drug-likeness (QED) is 0.635. The van der Waals surface area contributed by atoms with E-state index in [9.17, 15) is 0 Å². The number of benzene rings is 2. The van der Waals surface area contributed by atoms with Crippen LogP contribution in [0.1, 0.15) is 38.8 Å². The molecule has 0 saturated heterocycles. The van der Waals surface area contributed by atoms with E-state index in [-0.39, 0.29) is 11.5 Å². The van der Waals surface area contributed by atoms with E-state index in [4.69, 9.17) is 5.84 Å². The standard InChI is InChI=1S/C16H22N2/c1-16(2,3)11-15(18-17)14-9-8-12-6-4-5-7-13(12)10-14/h4-10,15,18H,11,17H2,1-3H3. The summed E-state index contributed by atoms with van der Waals surface area (Å²) in [6, 6.07) is 15.2. The summed E-state index contributed by atoms with van der Waals surface area (Å²) in [7, 11) is 0. The molecule has 96 valence electrons. The SMILES string of the molecule is CC(C)(C)CC(NN)c1ccc2ccccc2c1. The van der Waals surface area contributed by atoms with Crippen molar-refractivity contribution in [3.63, 3.8) is 0 Å². The van der Waals surface area contributed by atoms with E-state index in [1.54, 1.807) is 0 Å². The summed E-state index contributed by atoms with van der Waals surface area (Å²) in [5.74, 6) is 5.71. The van der Waals surface area contributed by atoms with E-state index in [0.29, 0.717) is 0 Å². The number of hydrogen-bond donors (Lipinski definition) is 2. The molecule has 0 aromatic heterocycles. The monoisotopic (exact) mass is 242 g/mol. The fraction of sp³-hybridized carbons (Fsp3) is 0.375. The molecule has 0 aliphatic rings. The Morgan fingerprint density at radius 2 is 1.72 bits per heavy atom. The number of nitrogens with one attached hydrogen (secondary N) is 1. The van der Waals surface area contributed by atoms with Gasteiger partial charge in [-0.05, 0) is 34.2 Å². The van der Waals surface area contributed by atoms with E-state index in [1.807, 2.05) is 0 Å². The molecule has 0 bridgehead atoms. The van der Waals surface area contributed by atoms with Gasteiger partial charge in [0.25, 0.3) is 0 Å². The first-order valence-electron chi connectivity index (χ1n) is 6.44. The van der Waals surface area contributed by atoms with E-state index in [2.05, 4.69) is 68.7 Å². The Morgan fingerprint density at radius 3 is 2.33 bits per heavy atom. The van der Waals surface area contributed by atoms with Crippen LogP contribution in [-0.2, 0) is 0 Å². The summed E-state index contributed by atoms with van der Waals surface area (Å²) in [6.45, 7) is 6.70. The van der Waals surface area contributed by atoms with Gasteiger partial charge in [0.15, 0.2) is 0 Å². The molecule has 18 heavy (non-hydrogen) atoms. The zero-order valence-corrected chi connectivity index (χ0v) is 11.4. The van der Waals surface area contributed by atoms with Gasteiger partial charge in [-0.15, -0.1) is 0 Å². The fourth-order valence-corrected chi connectivity index (χ4v) is 2.31. The number of fused-ring (bicyclic) bond motifs is 1. The number of hydrazine groups is 1. The molecule has 0 spiro atoms. The molecule has 3 N–H and O–H groups in total. The largest absolute Gasteiger partial charge is 0.271 e. The van der Waals surface area contributed by atoms with Crippen molar-refractivity contribution in [2.45, 2.75) is 33.2 Å². The van der Waals surface area contributed by atoms with Crippen LogP contribution in [0.3, 0.4) is 0 Å². The van der Waals surface area contributed by atoms with Gasteiger partial charge in [-0.25, -0.2) is 0 Å². The smallest absolute Gasteiger partial charge is 0.0465 e. The number of rotatable bonds is 3. The Labute approximate surface area is 109 Å². The first-order chi connectivity index (χ1) is 8.49. The summed E-state index contributed by atoms with van der Waals surface area (Å²) in [5, 5.41) is 2.54. The highest BCUT2D eigenvalue weighted by atomic mass is 15.2. The van der Waals surface area contributed by atoms with E-state index in [0.717, 1.165) is 6.42 Å². The average molecular weight is 242 g/mol. The fourth-order valence-electron chi connectivity index (χ4n) is 2.31. The molecular weight excluding hydrogens is 220 g/mol. The first-order valence-corrected chi connectivity index (χ1v) is 6.44. The minimum absolute atomic E-state index is 0.203. The molecule has 0 heterocycles. The maximum atomic E-state index is 5.71. The van der Waals surface area contributed by atoms with Crippen molar-refractivity contribution < 1.29 is 0 Å². The number of hydrogen-bond acceptors (Lipinski definition) is 2. The van der Waals surface area contributed by atoms with Gasteiger partial charge >= 0.3 is 0 Å². The minimum atomic E-state index is 0.203. The van der Waals surface area contributed by atoms with Crippen molar-refractivity contribution in [1.82, 2.24) is 5.43 Å². The Morgan fingerprint density at radius 1 is 1.06 bits per heavy atom. The molecule has 1 unspecified atom stereocenters. The Bertz CT molecular complexity index is 526. The van der Waals surface area contributed by atoms with E-state index < -0.39 is 0 Å². The van der Waals surface area contributed by atoms with E-state index in [1.165, 1.54) is 16.3 Å². The Kier molecular flexibility index (Phi) is 3.69. The first kappa shape index (κ1) is 13.1. The molecule has 0 aliphatic heterocycles. The summed E-state index contributed by atoms with van der Waals surface area (Å²) >= 11 is 0. The molecule has 0 fully saturated rings. The summed E-state index contributed by atoms with van der Waals surface area (Å²) in [6.07, 6.45) is 1.02. The van der Waals surface area contributed by atoms with Crippen LogP contribution in [0.2, 0.25) is 0 Å². The molecule has 2 aromatic carbocycles. The van der Waals surface area contributed by atoms with Crippen LogP contribution < -0.4 is 11.3 Å². The van der Waals surface area contributed by atoms with Crippen molar-refractivity contribution in [1.29, 1.82) is 0 Å². The predicted molar refractivity (Wildman–Crippen MR) is 78.1 cm³/mol. The van der Waals surface area contributed by atoms with Gasteiger partial charge in [0.1, 0.15) is 0 Å². The van der Waals surface area contributed by atoms with Crippen molar-refractivity contribution in [2.75, 3.05) is 0 Å². The molecule has 0 radical (unpaired) electrons. The van der Waals surface area contributed by atoms with Crippen molar-refractivity contribution >= 4 is 10.8 Å². The maximum Gasteiger partial charge on any atom is 0.0465 e. The molecular formula is C16H22N2. The second-order valence-electron chi connectivity index (χ2n) is 6.09. The van der Waals surface area contributed by atoms with Crippen molar-refractivity contribution in [3.8, 4) is 0 Å². The van der Waals surface area contributed by atoms with Gasteiger partial charge in [0.05, 0.1) is 0 Å². The third-order valence-corrected chi connectivity index (χ3v) is 3.19. The molecule has 2 nitrogen and oxygen atoms in total. The lowest BCUT2D eigenvalue weighted by atomic mass is 9.85. The van der Waals surface area contributed by atoms with Crippen LogP contribution >= 0.6 is 0 Å². The van der Waals surface area contributed by atoms with Crippen LogP contribution in [0.15, 0.2) is 42.5 Å². The van der Waals surface area contributed by atoms with Crippen LogP contribution in [0, 0.1) is 5.41 Å². The predicted octanol–water partition coefficient (Wildman–Crippen LogP) is 3.78. The van der Waals surface area contributed by atoms with Gasteiger partial charge in [0, 0.05) is 6.04 Å². The molecule has 0 amide bonds. The van der Waals surface area contributed by atoms with Crippen LogP contribution in [0.5, 0.6) is 0 Å². The van der Waals surface area contributed by atoms with Crippen molar-refractivity contribution in [3.05, 3.63) is 48.0 Å². The zero-order valence-electron chi connectivity index (χ0n) is 11.4. The minimum Gasteiger partial charge on any atom is -0.271 e. The van der Waals surface area contributed by atoms with Crippen LogP contribution in [0.25, 0.3) is 10.8 Å². The second kappa shape index (κ2) is 5.09. The Balaban J connectivity index is 2.33. The number of nitrogens with two attached hydrogens (primary N) is 1. The lowest BCUT2D eigenvalue weighted by Crippen LogP contribution is -2.31. The molecule has 0 aliphatic carbocycles. The van der Waals surface area contributed by atoms with E-state index >= 15 is 0 Å².